The van der Waals surface area contributed by atoms with Crippen LogP contribution >= 0.6 is 0 Å². The molecule has 2 aromatic carbocycles. The van der Waals surface area contributed by atoms with E-state index in [1.807, 2.05) is 11.9 Å². The first-order valence-electron chi connectivity index (χ1n) is 9.99. The van der Waals surface area contributed by atoms with Crippen LogP contribution in [-0.2, 0) is 9.59 Å². The molecule has 0 bridgehead atoms. The third-order valence-corrected chi connectivity index (χ3v) is 5.64. The number of nitrogens with zero attached hydrogens (tertiary/aromatic N) is 3. The zero-order chi connectivity index (χ0) is 22.1. The van der Waals surface area contributed by atoms with E-state index in [0.717, 1.165) is 18.0 Å². The number of carbonyl (C=O) groups is 2. The number of rotatable bonds is 5. The van der Waals surface area contributed by atoms with Gasteiger partial charge in [-0.3, -0.25) is 9.59 Å². The minimum Gasteiger partial charge on any atom is -0.493 e. The minimum absolute atomic E-state index is 0.0559. The maximum atomic E-state index is 14.5. The molecule has 0 atom stereocenters. The Balaban J connectivity index is 1.85. The largest absolute Gasteiger partial charge is 0.493 e. The van der Waals surface area contributed by atoms with Gasteiger partial charge in [-0.2, -0.15) is 0 Å². The Morgan fingerprint density at radius 2 is 1.55 bits per heavy atom. The number of hydrogen-bond acceptors (Lipinski definition) is 6. The molecule has 0 aromatic heterocycles. The van der Waals surface area contributed by atoms with Gasteiger partial charge in [-0.15, -0.1) is 0 Å². The van der Waals surface area contributed by atoms with Crippen LogP contribution in [0.3, 0.4) is 0 Å². The van der Waals surface area contributed by atoms with Crippen molar-refractivity contribution in [3.8, 4) is 11.5 Å². The second kappa shape index (κ2) is 8.39. The molecule has 0 radical (unpaired) electrons. The van der Waals surface area contributed by atoms with Crippen molar-refractivity contribution in [1.82, 2.24) is 9.80 Å². The number of para-hydroxylation sites is 1. The highest BCUT2D eigenvalue weighted by atomic mass is 19.1. The van der Waals surface area contributed by atoms with Gasteiger partial charge < -0.3 is 19.3 Å². The number of anilines is 1. The van der Waals surface area contributed by atoms with E-state index < -0.39 is 17.6 Å². The summed E-state index contributed by atoms with van der Waals surface area (Å²) in [4.78, 5) is 32.0. The number of imide groups is 1. The Bertz CT molecular complexity index is 1060. The summed E-state index contributed by atoms with van der Waals surface area (Å²) in [6.45, 7) is 2.69. The van der Waals surface area contributed by atoms with Crippen LogP contribution in [0.1, 0.15) is 5.56 Å². The van der Waals surface area contributed by atoms with Crippen LogP contribution in [-0.4, -0.2) is 69.1 Å². The van der Waals surface area contributed by atoms with Gasteiger partial charge in [0, 0.05) is 26.2 Å². The smallest absolute Gasteiger partial charge is 0.282 e. The summed E-state index contributed by atoms with van der Waals surface area (Å²) in [6.07, 6.45) is 0. The lowest BCUT2D eigenvalue weighted by atomic mass is 10.0. The summed E-state index contributed by atoms with van der Waals surface area (Å²) in [6, 6.07) is 10.9. The SMILES string of the molecule is COc1ccc(C2=C(N3CCN(C)CC3)C(=O)N(c3ccccc3F)C2=O)cc1OC. The van der Waals surface area contributed by atoms with Crippen molar-refractivity contribution in [3.63, 3.8) is 0 Å². The van der Waals surface area contributed by atoms with Gasteiger partial charge in [0.25, 0.3) is 11.8 Å². The first-order valence-corrected chi connectivity index (χ1v) is 9.99. The third kappa shape index (κ3) is 3.63. The van der Waals surface area contributed by atoms with E-state index in [-0.39, 0.29) is 17.0 Å². The van der Waals surface area contributed by atoms with Gasteiger partial charge >= 0.3 is 0 Å². The lowest BCUT2D eigenvalue weighted by Crippen LogP contribution is -2.46. The number of hydrogen-bond donors (Lipinski definition) is 0. The molecule has 7 nitrogen and oxygen atoms in total. The summed E-state index contributed by atoms with van der Waals surface area (Å²) in [5.41, 5.74) is 0.982. The van der Waals surface area contributed by atoms with E-state index >= 15 is 0 Å². The maximum Gasteiger partial charge on any atom is 0.282 e. The van der Waals surface area contributed by atoms with E-state index in [2.05, 4.69) is 4.90 Å². The van der Waals surface area contributed by atoms with Crippen LogP contribution in [0.2, 0.25) is 0 Å². The van der Waals surface area contributed by atoms with Crippen molar-refractivity contribution in [2.45, 2.75) is 0 Å². The minimum atomic E-state index is -0.629. The molecule has 1 fully saturated rings. The summed E-state index contributed by atoms with van der Waals surface area (Å²) in [7, 11) is 5.04. The van der Waals surface area contributed by atoms with Gasteiger partial charge in [0.1, 0.15) is 11.5 Å². The van der Waals surface area contributed by atoms with Crippen molar-refractivity contribution in [2.24, 2.45) is 0 Å². The Morgan fingerprint density at radius 3 is 2.19 bits per heavy atom. The highest BCUT2D eigenvalue weighted by Crippen LogP contribution is 2.38. The monoisotopic (exact) mass is 425 g/mol. The number of carbonyl (C=O) groups excluding carboxylic acids is 2. The normalized spacial score (nSPS) is 17.5. The first kappa shape index (κ1) is 20.9. The molecule has 4 rings (SSSR count). The number of benzene rings is 2. The van der Waals surface area contributed by atoms with Crippen LogP contribution < -0.4 is 14.4 Å². The molecule has 0 N–H and O–H groups in total. The first-order chi connectivity index (χ1) is 15.0. The molecule has 2 aliphatic rings. The van der Waals surface area contributed by atoms with Crippen molar-refractivity contribution in [3.05, 3.63) is 59.5 Å². The number of piperazine rings is 1. The maximum absolute atomic E-state index is 14.5. The molecule has 0 spiro atoms. The van der Waals surface area contributed by atoms with Gasteiger partial charge in [-0.05, 0) is 36.9 Å². The van der Waals surface area contributed by atoms with Gasteiger partial charge in [-0.1, -0.05) is 18.2 Å². The van der Waals surface area contributed by atoms with Crippen molar-refractivity contribution in [2.75, 3.05) is 52.3 Å². The van der Waals surface area contributed by atoms with E-state index in [1.165, 1.54) is 32.4 Å². The van der Waals surface area contributed by atoms with Crippen LogP contribution in [0, 0.1) is 5.82 Å². The zero-order valence-electron chi connectivity index (χ0n) is 17.7. The molecular formula is C23H24FN3O4. The quantitative estimate of drug-likeness (QED) is 0.686. The fourth-order valence-corrected chi connectivity index (χ4v) is 3.95. The molecular weight excluding hydrogens is 401 g/mol. The predicted octanol–water partition coefficient (Wildman–Crippen LogP) is 2.37. The number of methoxy groups -OCH3 is 2. The van der Waals surface area contributed by atoms with Gasteiger partial charge in [0.05, 0.1) is 25.5 Å². The summed E-state index contributed by atoms with van der Waals surface area (Å²) >= 11 is 0. The second-order valence-corrected chi connectivity index (χ2v) is 7.48. The van der Waals surface area contributed by atoms with Gasteiger partial charge in [0.2, 0.25) is 0 Å². The molecule has 2 heterocycles. The number of ether oxygens (including phenoxy) is 2. The van der Waals surface area contributed by atoms with E-state index in [0.29, 0.717) is 30.2 Å². The summed E-state index contributed by atoms with van der Waals surface area (Å²) in [5.74, 6) is -0.762. The highest BCUT2D eigenvalue weighted by Gasteiger charge is 2.44. The Kier molecular flexibility index (Phi) is 5.65. The molecule has 2 amide bonds. The third-order valence-electron chi connectivity index (χ3n) is 5.64. The Morgan fingerprint density at radius 1 is 0.871 bits per heavy atom. The number of likely N-dealkylation sites (N-methyl/N-ethyl adjacent to an activating group) is 1. The zero-order valence-corrected chi connectivity index (χ0v) is 17.7. The summed E-state index contributed by atoms with van der Waals surface area (Å²) < 4.78 is 25.2. The molecule has 31 heavy (non-hydrogen) atoms. The number of amides is 2. The lowest BCUT2D eigenvalue weighted by molar-refractivity contribution is -0.120. The van der Waals surface area contributed by atoms with Crippen molar-refractivity contribution >= 4 is 23.1 Å². The molecule has 1 saturated heterocycles. The molecule has 0 aliphatic carbocycles. The van der Waals surface area contributed by atoms with Crippen LogP contribution in [0.5, 0.6) is 11.5 Å². The average molecular weight is 425 g/mol. The van der Waals surface area contributed by atoms with Gasteiger partial charge in [-0.25, -0.2) is 9.29 Å². The van der Waals surface area contributed by atoms with E-state index in [4.69, 9.17) is 9.47 Å². The highest BCUT2D eigenvalue weighted by molar-refractivity contribution is 6.45. The Hall–Kier alpha value is -3.39. The summed E-state index contributed by atoms with van der Waals surface area (Å²) in [5, 5.41) is 0. The fourth-order valence-electron chi connectivity index (χ4n) is 3.95. The van der Waals surface area contributed by atoms with Crippen LogP contribution in [0.25, 0.3) is 5.57 Å². The van der Waals surface area contributed by atoms with Crippen LogP contribution in [0.15, 0.2) is 48.2 Å². The molecule has 8 heteroatoms. The molecule has 162 valence electrons. The average Bonchev–Trinajstić information content (AvgIpc) is 3.04. The molecule has 0 saturated carbocycles. The van der Waals surface area contributed by atoms with E-state index in [9.17, 15) is 14.0 Å². The van der Waals surface area contributed by atoms with E-state index in [1.54, 1.807) is 24.3 Å². The van der Waals surface area contributed by atoms with Gasteiger partial charge in [0.15, 0.2) is 11.5 Å². The van der Waals surface area contributed by atoms with Crippen molar-refractivity contribution in [1.29, 1.82) is 0 Å². The standard InChI is InChI=1S/C23H24FN3O4/c1-25-10-12-26(13-11-25)21-20(15-8-9-18(30-2)19(14-15)31-3)22(28)27(23(21)29)17-7-5-4-6-16(17)24/h4-9,14H,10-13H2,1-3H3. The number of halogens is 1. The molecule has 2 aliphatic heterocycles. The lowest BCUT2D eigenvalue weighted by Gasteiger charge is -2.34. The second-order valence-electron chi connectivity index (χ2n) is 7.48. The molecule has 2 aromatic rings. The van der Waals surface area contributed by atoms with Crippen LogP contribution in [0.4, 0.5) is 10.1 Å². The topological polar surface area (TPSA) is 62.3 Å². The fraction of sp³-hybridized carbons (Fsp3) is 0.304. The predicted molar refractivity (Wildman–Crippen MR) is 114 cm³/mol. The Labute approximate surface area is 180 Å². The van der Waals surface area contributed by atoms with Crippen molar-refractivity contribution < 1.29 is 23.5 Å². The molecule has 0 unspecified atom stereocenters.